The Morgan fingerprint density at radius 2 is 2.08 bits per heavy atom. The van der Waals surface area contributed by atoms with Gasteiger partial charge < -0.3 is 20.3 Å². The molecule has 1 aromatic heterocycles. The third kappa shape index (κ3) is 4.34. The van der Waals surface area contributed by atoms with Gasteiger partial charge in [0.05, 0.1) is 23.1 Å². The zero-order valence-corrected chi connectivity index (χ0v) is 15.0. The number of hydrogen-bond acceptors (Lipinski definition) is 7. The van der Waals surface area contributed by atoms with Gasteiger partial charge in [0.15, 0.2) is 15.8 Å². The van der Waals surface area contributed by atoms with Crippen LogP contribution in [0, 0.1) is 0 Å². The summed E-state index contributed by atoms with van der Waals surface area (Å²) in [4.78, 5) is 16.5. The summed E-state index contributed by atoms with van der Waals surface area (Å²) in [6.45, 7) is 0.282. The van der Waals surface area contributed by atoms with Crippen molar-refractivity contribution in [2.45, 2.75) is 10.9 Å². The number of aromatic nitrogens is 1. The summed E-state index contributed by atoms with van der Waals surface area (Å²) in [5, 5.41) is 21.5. The molecule has 0 saturated carbocycles. The van der Waals surface area contributed by atoms with Crippen LogP contribution in [0.25, 0.3) is 10.2 Å². The third-order valence-electron chi connectivity index (χ3n) is 3.43. The highest BCUT2D eigenvalue weighted by Crippen LogP contribution is 2.31. The molecule has 0 aliphatic carbocycles. The number of aromatic hydroxyl groups is 2. The van der Waals surface area contributed by atoms with Gasteiger partial charge in [0.1, 0.15) is 5.75 Å². The minimum absolute atomic E-state index is 0.130. The Balaban J connectivity index is 1.54. The first-order valence-corrected chi connectivity index (χ1v) is 9.20. The molecule has 0 atom stereocenters. The fraction of sp³-hybridized carbons (Fsp3) is 0.176. The molecule has 0 aliphatic rings. The van der Waals surface area contributed by atoms with E-state index in [2.05, 4.69) is 10.3 Å². The van der Waals surface area contributed by atoms with Gasteiger partial charge in [-0.3, -0.25) is 4.79 Å². The predicted octanol–water partition coefficient (Wildman–Crippen LogP) is 3.12. The van der Waals surface area contributed by atoms with Crippen molar-refractivity contribution in [3.05, 3.63) is 42.0 Å². The van der Waals surface area contributed by atoms with Gasteiger partial charge in [0, 0.05) is 12.6 Å². The SMILES string of the molecule is COc1ccc2sc(SCC(=O)NCc3ccc(O)c(O)c3)nc2c1. The number of ether oxygens (including phenoxy) is 1. The van der Waals surface area contributed by atoms with Crippen molar-refractivity contribution in [1.29, 1.82) is 0 Å². The van der Waals surface area contributed by atoms with Crippen LogP contribution in [-0.2, 0) is 11.3 Å². The van der Waals surface area contributed by atoms with E-state index in [1.807, 2.05) is 18.2 Å². The average Bonchev–Trinajstić information content (AvgIpc) is 3.02. The number of benzene rings is 2. The summed E-state index contributed by atoms with van der Waals surface area (Å²) in [6.07, 6.45) is 0. The number of fused-ring (bicyclic) bond motifs is 1. The number of amides is 1. The number of nitrogens with one attached hydrogen (secondary N) is 1. The Labute approximate surface area is 152 Å². The molecule has 0 aliphatic heterocycles. The molecule has 6 nitrogen and oxygen atoms in total. The van der Waals surface area contributed by atoms with Crippen molar-refractivity contribution in [3.8, 4) is 17.2 Å². The molecule has 0 fully saturated rings. The normalized spacial score (nSPS) is 10.8. The number of phenolic OH excluding ortho intramolecular Hbond substituents is 2. The van der Waals surface area contributed by atoms with E-state index in [0.717, 1.165) is 20.3 Å². The van der Waals surface area contributed by atoms with E-state index in [1.165, 1.54) is 35.2 Å². The Bertz CT molecular complexity index is 911. The number of thiazole rings is 1. The maximum Gasteiger partial charge on any atom is 0.230 e. The molecule has 0 radical (unpaired) electrons. The minimum Gasteiger partial charge on any atom is -0.504 e. The van der Waals surface area contributed by atoms with Crippen LogP contribution in [-0.4, -0.2) is 34.0 Å². The lowest BCUT2D eigenvalue weighted by Gasteiger charge is -2.05. The second-order valence-corrected chi connectivity index (χ2v) is 7.46. The zero-order valence-electron chi connectivity index (χ0n) is 13.4. The van der Waals surface area contributed by atoms with Gasteiger partial charge in [-0.2, -0.15) is 0 Å². The number of methoxy groups -OCH3 is 1. The first-order chi connectivity index (χ1) is 12.0. The van der Waals surface area contributed by atoms with Gasteiger partial charge in [-0.1, -0.05) is 17.8 Å². The van der Waals surface area contributed by atoms with Crippen molar-refractivity contribution < 1.29 is 19.7 Å². The molecule has 0 bridgehead atoms. The molecule has 0 spiro atoms. The molecular weight excluding hydrogens is 360 g/mol. The molecule has 130 valence electrons. The van der Waals surface area contributed by atoms with Gasteiger partial charge in [-0.25, -0.2) is 4.98 Å². The van der Waals surface area contributed by atoms with E-state index in [-0.39, 0.29) is 29.7 Å². The predicted molar refractivity (Wildman–Crippen MR) is 98.5 cm³/mol. The van der Waals surface area contributed by atoms with E-state index in [0.29, 0.717) is 5.56 Å². The fourth-order valence-corrected chi connectivity index (χ4v) is 4.01. The lowest BCUT2D eigenvalue weighted by molar-refractivity contribution is -0.118. The minimum atomic E-state index is -0.203. The van der Waals surface area contributed by atoms with Crippen molar-refractivity contribution in [2.24, 2.45) is 0 Å². The number of phenols is 2. The summed E-state index contributed by atoms with van der Waals surface area (Å²) in [5.41, 5.74) is 1.56. The van der Waals surface area contributed by atoms with Crippen molar-refractivity contribution in [3.63, 3.8) is 0 Å². The van der Waals surface area contributed by atoms with Crippen LogP contribution in [0.15, 0.2) is 40.7 Å². The monoisotopic (exact) mass is 376 g/mol. The van der Waals surface area contributed by atoms with Gasteiger partial charge >= 0.3 is 0 Å². The first kappa shape index (κ1) is 17.4. The number of thioether (sulfide) groups is 1. The van der Waals surface area contributed by atoms with Gasteiger partial charge in [0.2, 0.25) is 5.91 Å². The molecule has 25 heavy (non-hydrogen) atoms. The molecule has 0 saturated heterocycles. The van der Waals surface area contributed by atoms with Crippen molar-refractivity contribution in [2.75, 3.05) is 12.9 Å². The van der Waals surface area contributed by atoms with Crippen LogP contribution in [0.5, 0.6) is 17.2 Å². The molecular formula is C17H16N2O4S2. The quantitative estimate of drug-likeness (QED) is 0.452. The molecule has 1 amide bonds. The standard InChI is InChI=1S/C17H16N2O4S2/c1-23-11-3-5-15-12(7-11)19-17(25-15)24-9-16(22)18-8-10-2-4-13(20)14(21)6-10/h2-7,20-21H,8-9H2,1H3,(H,18,22). The highest BCUT2D eigenvalue weighted by molar-refractivity contribution is 8.01. The molecule has 0 unspecified atom stereocenters. The summed E-state index contributed by atoms with van der Waals surface area (Å²) >= 11 is 2.91. The third-order valence-corrected chi connectivity index (χ3v) is 5.61. The fourth-order valence-electron chi connectivity index (χ4n) is 2.13. The Kier molecular flexibility index (Phi) is 5.30. The molecule has 1 heterocycles. The number of rotatable bonds is 6. The van der Waals surface area contributed by atoms with E-state index in [4.69, 9.17) is 4.74 Å². The van der Waals surface area contributed by atoms with E-state index in [1.54, 1.807) is 13.2 Å². The first-order valence-electron chi connectivity index (χ1n) is 7.40. The van der Waals surface area contributed by atoms with E-state index in [9.17, 15) is 15.0 Å². The zero-order chi connectivity index (χ0) is 17.8. The Morgan fingerprint density at radius 3 is 2.84 bits per heavy atom. The van der Waals surface area contributed by atoms with Gasteiger partial charge in [-0.15, -0.1) is 11.3 Å². The maximum absolute atomic E-state index is 12.0. The largest absolute Gasteiger partial charge is 0.504 e. The molecule has 8 heteroatoms. The smallest absolute Gasteiger partial charge is 0.230 e. The maximum atomic E-state index is 12.0. The highest BCUT2D eigenvalue weighted by atomic mass is 32.2. The Hall–Kier alpha value is -2.45. The van der Waals surface area contributed by atoms with Crippen LogP contribution < -0.4 is 10.1 Å². The van der Waals surface area contributed by atoms with E-state index < -0.39 is 0 Å². The highest BCUT2D eigenvalue weighted by Gasteiger charge is 2.09. The second kappa shape index (κ2) is 7.62. The number of hydrogen-bond donors (Lipinski definition) is 3. The van der Waals surface area contributed by atoms with Crippen molar-refractivity contribution in [1.82, 2.24) is 10.3 Å². The van der Waals surface area contributed by atoms with Gasteiger partial charge in [0.25, 0.3) is 0 Å². The number of carbonyl (C=O) groups is 1. The lowest BCUT2D eigenvalue weighted by Crippen LogP contribution is -2.24. The molecule has 3 aromatic rings. The average molecular weight is 376 g/mol. The summed E-state index contributed by atoms with van der Waals surface area (Å²) in [5.74, 6) is 0.490. The number of nitrogens with zero attached hydrogens (tertiary/aromatic N) is 1. The van der Waals surface area contributed by atoms with Crippen LogP contribution in [0.3, 0.4) is 0 Å². The van der Waals surface area contributed by atoms with Crippen LogP contribution >= 0.6 is 23.1 Å². The van der Waals surface area contributed by atoms with E-state index >= 15 is 0 Å². The summed E-state index contributed by atoms with van der Waals surface area (Å²) in [6, 6.07) is 10.2. The Morgan fingerprint density at radius 1 is 1.24 bits per heavy atom. The summed E-state index contributed by atoms with van der Waals surface area (Å²) in [7, 11) is 1.61. The lowest BCUT2D eigenvalue weighted by atomic mass is 10.2. The molecule has 3 N–H and O–H groups in total. The van der Waals surface area contributed by atoms with Crippen LogP contribution in [0.2, 0.25) is 0 Å². The molecule has 3 rings (SSSR count). The second-order valence-electron chi connectivity index (χ2n) is 5.20. The topological polar surface area (TPSA) is 91.7 Å². The van der Waals surface area contributed by atoms with Crippen LogP contribution in [0.4, 0.5) is 0 Å². The van der Waals surface area contributed by atoms with Crippen LogP contribution in [0.1, 0.15) is 5.56 Å². The molecule has 2 aromatic carbocycles. The van der Waals surface area contributed by atoms with Crippen molar-refractivity contribution >= 4 is 39.2 Å². The van der Waals surface area contributed by atoms with Gasteiger partial charge in [-0.05, 0) is 29.8 Å². The summed E-state index contributed by atoms with van der Waals surface area (Å²) < 4.78 is 7.04. The number of carbonyl (C=O) groups excluding carboxylic acids is 1.